The van der Waals surface area contributed by atoms with Crippen LogP contribution in [0.15, 0.2) is 0 Å². The van der Waals surface area contributed by atoms with Crippen LogP contribution in [0.2, 0.25) is 0 Å². The summed E-state index contributed by atoms with van der Waals surface area (Å²) < 4.78 is 20.5. The maximum Gasteiger partial charge on any atom is 0.405 e. The van der Waals surface area contributed by atoms with Gasteiger partial charge < -0.3 is 4.89 Å². The van der Waals surface area contributed by atoms with Crippen molar-refractivity contribution in [1.29, 1.82) is 0 Å². The van der Waals surface area contributed by atoms with Crippen molar-refractivity contribution in [1.82, 2.24) is 4.67 Å². The molecule has 5 heteroatoms. The molecule has 1 N–H and O–H groups in total. The summed E-state index contributed by atoms with van der Waals surface area (Å²) in [5.74, 6) is 0. The average molecular weight is 770 g/mol. The van der Waals surface area contributed by atoms with Crippen molar-refractivity contribution in [3.63, 3.8) is 0 Å². The van der Waals surface area contributed by atoms with Gasteiger partial charge in [0.25, 0.3) is 0 Å². The van der Waals surface area contributed by atoms with Crippen LogP contribution in [0.25, 0.3) is 0 Å². The van der Waals surface area contributed by atoms with Crippen molar-refractivity contribution in [2.75, 3.05) is 19.7 Å². The molecule has 0 bridgehead atoms. The number of nitrogens with zero attached hydrogens (tertiary/aromatic N) is 1. The third-order valence-electron chi connectivity index (χ3n) is 11.7. The van der Waals surface area contributed by atoms with E-state index in [4.69, 9.17) is 4.52 Å². The van der Waals surface area contributed by atoms with E-state index in [1.807, 2.05) is 0 Å². The van der Waals surface area contributed by atoms with Gasteiger partial charge in [-0.1, -0.05) is 271 Å². The van der Waals surface area contributed by atoms with Gasteiger partial charge in [0.15, 0.2) is 0 Å². The molecule has 0 aromatic rings. The fourth-order valence-corrected chi connectivity index (χ4v) is 9.19. The Morgan fingerprint density at radius 1 is 0.321 bits per heavy atom. The van der Waals surface area contributed by atoms with E-state index in [-0.39, 0.29) is 0 Å². The number of unbranched alkanes of at least 4 members (excludes halogenated alkanes) is 39. The Kier molecular flexibility index (Phi) is 44.9. The van der Waals surface area contributed by atoms with Gasteiger partial charge >= 0.3 is 7.75 Å². The fourth-order valence-electron chi connectivity index (χ4n) is 7.87. The van der Waals surface area contributed by atoms with Gasteiger partial charge in [0.2, 0.25) is 0 Å². The second kappa shape index (κ2) is 44.8. The molecule has 0 fully saturated rings. The lowest BCUT2D eigenvalue weighted by molar-refractivity contribution is 0.195. The highest BCUT2D eigenvalue weighted by molar-refractivity contribution is 7.50. The molecule has 320 valence electrons. The maximum atomic E-state index is 13.1. The summed E-state index contributed by atoms with van der Waals surface area (Å²) in [5, 5.41) is 0. The molecule has 4 nitrogen and oxygen atoms in total. The first-order valence-corrected chi connectivity index (χ1v) is 26.3. The van der Waals surface area contributed by atoms with Crippen LogP contribution in [-0.2, 0) is 9.09 Å². The zero-order valence-corrected chi connectivity index (χ0v) is 37.9. The normalized spacial score (nSPS) is 13.0. The molecule has 1 atom stereocenters. The minimum absolute atomic E-state index is 0.388. The first kappa shape index (κ1) is 53.1. The molecule has 0 aromatic heterocycles. The molecule has 0 heterocycles. The number of rotatable bonds is 47. The fraction of sp³-hybridized carbons (Fsp3) is 1.00. The highest BCUT2D eigenvalue weighted by Gasteiger charge is 2.28. The number of hydrogen-bond acceptors (Lipinski definition) is 2. The Bertz CT molecular complexity index is 675. The van der Waals surface area contributed by atoms with E-state index in [1.165, 1.54) is 231 Å². The smallest absolute Gasteiger partial charge is 0.312 e. The summed E-state index contributed by atoms with van der Waals surface area (Å²) in [6.45, 7) is 8.47. The van der Waals surface area contributed by atoms with E-state index in [0.717, 1.165) is 38.5 Å². The molecule has 0 rings (SSSR count). The summed E-state index contributed by atoms with van der Waals surface area (Å²) in [7, 11) is -3.69. The molecule has 0 spiro atoms. The van der Waals surface area contributed by atoms with Crippen LogP contribution in [0.5, 0.6) is 0 Å². The van der Waals surface area contributed by atoms with Gasteiger partial charge in [-0.3, -0.25) is 4.52 Å². The summed E-state index contributed by atoms with van der Waals surface area (Å²) in [5.41, 5.74) is 0. The second-order valence-corrected chi connectivity index (χ2v) is 18.9. The quantitative estimate of drug-likeness (QED) is 0.0495. The average Bonchev–Trinajstić information content (AvgIpc) is 3.15. The lowest BCUT2D eigenvalue weighted by Crippen LogP contribution is -2.24. The molecule has 1 unspecified atom stereocenters. The topological polar surface area (TPSA) is 49.8 Å². The van der Waals surface area contributed by atoms with Crippen LogP contribution < -0.4 is 0 Å². The van der Waals surface area contributed by atoms with Gasteiger partial charge in [0.1, 0.15) is 0 Å². The van der Waals surface area contributed by atoms with Gasteiger partial charge in [-0.25, -0.2) is 9.24 Å². The molecule has 0 aromatic carbocycles. The van der Waals surface area contributed by atoms with E-state index in [0.29, 0.717) is 19.7 Å². The van der Waals surface area contributed by atoms with Crippen LogP contribution in [0.1, 0.15) is 290 Å². The lowest BCUT2D eigenvalue weighted by atomic mass is 10.0. The Balaban J connectivity index is 3.77. The molecule has 0 aliphatic heterocycles. The van der Waals surface area contributed by atoms with Crippen molar-refractivity contribution in [2.45, 2.75) is 290 Å². The predicted molar refractivity (Wildman–Crippen MR) is 238 cm³/mol. The van der Waals surface area contributed by atoms with Crippen molar-refractivity contribution >= 4 is 7.75 Å². The van der Waals surface area contributed by atoms with Crippen LogP contribution >= 0.6 is 7.75 Å². The maximum absolute atomic E-state index is 13.1. The summed E-state index contributed by atoms with van der Waals surface area (Å²) in [6, 6.07) is 0. The van der Waals surface area contributed by atoms with Gasteiger partial charge in [-0.2, -0.15) is 0 Å². The van der Waals surface area contributed by atoms with Gasteiger partial charge in [-0.15, -0.1) is 0 Å². The SMILES string of the molecule is CCCCCCCCCCCCCCCCCCCCCCN(CCCCCCCCCCCCCCCCCCCCCC)P(=O)(O)OCCCC. The summed E-state index contributed by atoms with van der Waals surface area (Å²) in [6.07, 6.45) is 56.8. The van der Waals surface area contributed by atoms with Gasteiger partial charge in [0, 0.05) is 13.1 Å². The third kappa shape index (κ3) is 41.6. The monoisotopic (exact) mass is 770 g/mol. The van der Waals surface area contributed by atoms with Crippen molar-refractivity contribution in [3.05, 3.63) is 0 Å². The zero-order valence-electron chi connectivity index (χ0n) is 37.0. The van der Waals surface area contributed by atoms with E-state index < -0.39 is 7.75 Å². The summed E-state index contributed by atoms with van der Waals surface area (Å²) >= 11 is 0. The highest BCUT2D eigenvalue weighted by atomic mass is 31.2. The van der Waals surface area contributed by atoms with Crippen LogP contribution in [0.3, 0.4) is 0 Å². The minimum Gasteiger partial charge on any atom is -0.312 e. The van der Waals surface area contributed by atoms with Gasteiger partial charge in [0.05, 0.1) is 6.61 Å². The van der Waals surface area contributed by atoms with Crippen molar-refractivity contribution in [3.8, 4) is 0 Å². The largest absolute Gasteiger partial charge is 0.405 e. The van der Waals surface area contributed by atoms with E-state index in [9.17, 15) is 9.46 Å². The first-order valence-electron chi connectivity index (χ1n) is 24.8. The van der Waals surface area contributed by atoms with Crippen LogP contribution in [-0.4, -0.2) is 29.3 Å². The molecule has 0 amide bonds. The van der Waals surface area contributed by atoms with Gasteiger partial charge in [-0.05, 0) is 19.3 Å². The third-order valence-corrected chi connectivity index (χ3v) is 13.3. The molecule has 0 aliphatic rings. The molecule has 0 saturated carbocycles. The predicted octanol–water partition coefficient (Wildman–Crippen LogP) is 17.8. The number of hydrogen-bond donors (Lipinski definition) is 1. The Morgan fingerprint density at radius 2 is 0.509 bits per heavy atom. The van der Waals surface area contributed by atoms with E-state index >= 15 is 0 Å². The first-order chi connectivity index (χ1) is 26.1. The van der Waals surface area contributed by atoms with Crippen molar-refractivity contribution < 1.29 is 14.0 Å². The molecular weight excluding hydrogens is 670 g/mol. The standard InChI is InChI=1S/C48H100NO3P/c1-4-7-10-12-14-16-18-20-22-24-26-28-30-32-34-36-38-40-42-44-46-49(53(50,51)52-48-9-6-3)47-45-43-41-39-37-35-33-31-29-27-25-23-21-19-17-15-13-11-8-5-2/h4-48H2,1-3H3,(H,50,51). The van der Waals surface area contributed by atoms with E-state index in [1.54, 1.807) is 4.67 Å². The molecule has 0 aliphatic carbocycles. The van der Waals surface area contributed by atoms with E-state index in [2.05, 4.69) is 20.8 Å². The zero-order chi connectivity index (χ0) is 38.6. The molecule has 0 saturated heterocycles. The highest BCUT2D eigenvalue weighted by Crippen LogP contribution is 2.46. The lowest BCUT2D eigenvalue weighted by Gasteiger charge is -2.26. The van der Waals surface area contributed by atoms with Crippen LogP contribution in [0, 0.1) is 0 Å². The molecule has 53 heavy (non-hydrogen) atoms. The summed E-state index contributed by atoms with van der Waals surface area (Å²) in [4.78, 5) is 10.8. The minimum atomic E-state index is -3.69. The molecule has 0 radical (unpaired) electrons. The molecular formula is C48H100NO3P. The Labute approximate surface area is 335 Å². The second-order valence-electron chi connectivity index (χ2n) is 17.1. The Morgan fingerprint density at radius 3 is 0.717 bits per heavy atom. The Hall–Kier alpha value is 0.110. The van der Waals surface area contributed by atoms with Crippen molar-refractivity contribution in [2.24, 2.45) is 0 Å². The van der Waals surface area contributed by atoms with Crippen LogP contribution in [0.4, 0.5) is 0 Å².